The second-order valence-corrected chi connectivity index (χ2v) is 8.20. The molecule has 1 aliphatic rings. The molecule has 5 nitrogen and oxygen atoms in total. The molecule has 2 N–H and O–H groups in total. The van der Waals surface area contributed by atoms with Crippen molar-refractivity contribution in [3.8, 4) is 0 Å². The highest BCUT2D eigenvalue weighted by Crippen LogP contribution is 2.33. The highest BCUT2D eigenvalue weighted by Gasteiger charge is 2.35. The first-order chi connectivity index (χ1) is 15.7. The fourth-order valence-electron chi connectivity index (χ4n) is 4.24. The van der Waals surface area contributed by atoms with Crippen LogP contribution >= 0.6 is 0 Å². The topological polar surface area (TPSA) is 61.4 Å². The first-order valence-corrected chi connectivity index (χ1v) is 11.2. The van der Waals surface area contributed by atoms with Gasteiger partial charge in [-0.3, -0.25) is 4.79 Å². The standard InChI is InChI=1S/C27H29N3O2/c31-26(28-18-21-10-4-1-5-11-21)24-16-17-25(23-14-8-3-9-15-23)30(20-24)27(32)29-19-22-12-6-2-7-13-22/h1-15,24-25H,16-20H2,(H,28,31)(H,29,32). The minimum Gasteiger partial charge on any atom is -0.352 e. The summed E-state index contributed by atoms with van der Waals surface area (Å²) in [6.07, 6.45) is 1.51. The summed E-state index contributed by atoms with van der Waals surface area (Å²) in [6, 6.07) is 29.6. The van der Waals surface area contributed by atoms with Crippen molar-refractivity contribution in [2.24, 2.45) is 5.92 Å². The van der Waals surface area contributed by atoms with Gasteiger partial charge in [-0.1, -0.05) is 91.0 Å². The van der Waals surface area contributed by atoms with Gasteiger partial charge in [0.05, 0.1) is 12.0 Å². The van der Waals surface area contributed by atoms with E-state index < -0.39 is 0 Å². The molecule has 3 aromatic carbocycles. The lowest BCUT2D eigenvalue weighted by Crippen LogP contribution is -2.50. The lowest BCUT2D eigenvalue weighted by molar-refractivity contribution is -0.126. The average Bonchev–Trinajstić information content (AvgIpc) is 2.87. The van der Waals surface area contributed by atoms with Gasteiger partial charge in [0.15, 0.2) is 0 Å². The monoisotopic (exact) mass is 427 g/mol. The third-order valence-electron chi connectivity index (χ3n) is 5.99. The Kier molecular flexibility index (Phi) is 7.18. The Balaban J connectivity index is 1.43. The molecule has 1 saturated heterocycles. The molecule has 1 fully saturated rings. The number of hydrogen-bond donors (Lipinski definition) is 2. The van der Waals surface area contributed by atoms with Crippen molar-refractivity contribution >= 4 is 11.9 Å². The summed E-state index contributed by atoms with van der Waals surface area (Å²) < 4.78 is 0. The quantitative estimate of drug-likeness (QED) is 0.601. The van der Waals surface area contributed by atoms with Gasteiger partial charge in [0.25, 0.3) is 0 Å². The van der Waals surface area contributed by atoms with Crippen molar-refractivity contribution in [3.63, 3.8) is 0 Å². The van der Waals surface area contributed by atoms with Gasteiger partial charge in [-0.25, -0.2) is 4.79 Å². The Hall–Kier alpha value is -3.60. The molecule has 5 heteroatoms. The largest absolute Gasteiger partial charge is 0.352 e. The molecule has 4 rings (SSSR count). The van der Waals surface area contributed by atoms with Crippen LogP contribution in [0, 0.1) is 5.92 Å². The molecular weight excluding hydrogens is 398 g/mol. The fraction of sp³-hybridized carbons (Fsp3) is 0.259. The van der Waals surface area contributed by atoms with Crippen molar-refractivity contribution in [3.05, 3.63) is 108 Å². The molecule has 32 heavy (non-hydrogen) atoms. The summed E-state index contributed by atoms with van der Waals surface area (Å²) in [7, 11) is 0. The molecule has 2 unspecified atom stereocenters. The maximum Gasteiger partial charge on any atom is 0.318 e. The second-order valence-electron chi connectivity index (χ2n) is 8.20. The number of amides is 3. The summed E-state index contributed by atoms with van der Waals surface area (Å²) >= 11 is 0. The number of benzene rings is 3. The van der Waals surface area contributed by atoms with Gasteiger partial charge < -0.3 is 15.5 Å². The van der Waals surface area contributed by atoms with Gasteiger partial charge in [-0.2, -0.15) is 0 Å². The van der Waals surface area contributed by atoms with Gasteiger partial charge in [0.1, 0.15) is 0 Å². The van der Waals surface area contributed by atoms with Crippen molar-refractivity contribution in [1.82, 2.24) is 15.5 Å². The number of nitrogens with zero attached hydrogens (tertiary/aromatic N) is 1. The predicted octanol–water partition coefficient (Wildman–Crippen LogP) is 4.67. The van der Waals surface area contributed by atoms with Gasteiger partial charge in [0, 0.05) is 19.6 Å². The molecule has 164 valence electrons. The maximum absolute atomic E-state index is 13.2. The first kappa shape index (κ1) is 21.6. The van der Waals surface area contributed by atoms with Crippen LogP contribution in [0.25, 0.3) is 0 Å². The van der Waals surface area contributed by atoms with Crippen LogP contribution in [0.1, 0.15) is 35.6 Å². The number of carbonyl (C=O) groups is 2. The number of rotatable bonds is 6. The van der Waals surface area contributed by atoms with Crippen molar-refractivity contribution in [1.29, 1.82) is 0 Å². The van der Waals surface area contributed by atoms with Gasteiger partial charge in [-0.15, -0.1) is 0 Å². The van der Waals surface area contributed by atoms with E-state index in [1.165, 1.54) is 0 Å². The smallest absolute Gasteiger partial charge is 0.318 e. The summed E-state index contributed by atoms with van der Waals surface area (Å²) in [5, 5.41) is 6.08. The number of likely N-dealkylation sites (tertiary alicyclic amines) is 1. The lowest BCUT2D eigenvalue weighted by Gasteiger charge is -2.39. The molecule has 0 aromatic heterocycles. The van der Waals surface area contributed by atoms with Crippen LogP contribution in [0.4, 0.5) is 4.79 Å². The van der Waals surface area contributed by atoms with Crippen molar-refractivity contribution < 1.29 is 9.59 Å². The molecule has 0 radical (unpaired) electrons. The minimum absolute atomic E-state index is 0.00113. The number of urea groups is 1. The summed E-state index contributed by atoms with van der Waals surface area (Å²) in [5.41, 5.74) is 3.22. The molecule has 0 saturated carbocycles. The van der Waals surface area contributed by atoms with Crippen LogP contribution in [0.3, 0.4) is 0 Å². The first-order valence-electron chi connectivity index (χ1n) is 11.2. The molecule has 2 atom stereocenters. The van der Waals surface area contributed by atoms with Crippen LogP contribution in [0.5, 0.6) is 0 Å². The summed E-state index contributed by atoms with van der Waals surface area (Å²) in [5.74, 6) is -0.220. The zero-order chi connectivity index (χ0) is 22.2. The minimum atomic E-state index is -0.221. The Morgan fingerprint density at radius 2 is 1.25 bits per heavy atom. The molecule has 0 spiro atoms. The Morgan fingerprint density at radius 1 is 0.719 bits per heavy atom. The van der Waals surface area contributed by atoms with E-state index in [1.54, 1.807) is 0 Å². The average molecular weight is 428 g/mol. The zero-order valence-corrected chi connectivity index (χ0v) is 18.1. The predicted molar refractivity (Wildman–Crippen MR) is 126 cm³/mol. The third kappa shape index (κ3) is 5.55. The maximum atomic E-state index is 13.2. The normalized spacial score (nSPS) is 18.1. The molecule has 0 bridgehead atoms. The number of nitrogens with one attached hydrogen (secondary N) is 2. The van der Waals surface area contributed by atoms with E-state index in [0.29, 0.717) is 19.6 Å². The van der Waals surface area contributed by atoms with Crippen LogP contribution in [-0.4, -0.2) is 23.4 Å². The summed E-state index contributed by atoms with van der Waals surface area (Å²) in [6.45, 7) is 1.36. The van der Waals surface area contributed by atoms with Crippen LogP contribution in [0.15, 0.2) is 91.0 Å². The van der Waals surface area contributed by atoms with E-state index in [4.69, 9.17) is 0 Å². The van der Waals surface area contributed by atoms with Crippen LogP contribution in [0.2, 0.25) is 0 Å². The SMILES string of the molecule is O=C(NCc1ccccc1)C1CCC(c2ccccc2)N(C(=O)NCc2ccccc2)C1. The number of piperidine rings is 1. The van der Waals surface area contributed by atoms with Gasteiger partial charge in [0.2, 0.25) is 5.91 Å². The van der Waals surface area contributed by atoms with E-state index in [-0.39, 0.29) is 23.9 Å². The van der Waals surface area contributed by atoms with E-state index in [0.717, 1.165) is 29.5 Å². The highest BCUT2D eigenvalue weighted by atomic mass is 16.2. The number of carbonyl (C=O) groups excluding carboxylic acids is 2. The fourth-order valence-corrected chi connectivity index (χ4v) is 4.24. The molecule has 3 aromatic rings. The molecule has 1 aliphatic heterocycles. The Labute approximate surface area is 189 Å². The van der Waals surface area contributed by atoms with Gasteiger partial charge >= 0.3 is 6.03 Å². The van der Waals surface area contributed by atoms with Crippen molar-refractivity contribution in [2.45, 2.75) is 32.0 Å². The van der Waals surface area contributed by atoms with E-state index >= 15 is 0 Å². The second kappa shape index (κ2) is 10.6. The highest BCUT2D eigenvalue weighted by molar-refractivity contribution is 5.81. The van der Waals surface area contributed by atoms with E-state index in [2.05, 4.69) is 22.8 Å². The zero-order valence-electron chi connectivity index (χ0n) is 18.1. The van der Waals surface area contributed by atoms with Crippen LogP contribution < -0.4 is 10.6 Å². The lowest BCUT2D eigenvalue weighted by atomic mass is 9.88. The number of hydrogen-bond acceptors (Lipinski definition) is 2. The molecular formula is C27H29N3O2. The molecule has 0 aliphatic carbocycles. The van der Waals surface area contributed by atoms with Gasteiger partial charge in [-0.05, 0) is 29.5 Å². The summed E-state index contributed by atoms with van der Waals surface area (Å²) in [4.78, 5) is 27.9. The van der Waals surface area contributed by atoms with E-state index in [9.17, 15) is 9.59 Å². The Bertz CT molecular complexity index is 1010. The Morgan fingerprint density at radius 3 is 1.84 bits per heavy atom. The third-order valence-corrected chi connectivity index (χ3v) is 5.99. The van der Waals surface area contributed by atoms with Crippen molar-refractivity contribution in [2.75, 3.05) is 6.54 Å². The molecule has 3 amide bonds. The molecule has 1 heterocycles. The van der Waals surface area contributed by atoms with E-state index in [1.807, 2.05) is 83.8 Å². The van der Waals surface area contributed by atoms with Crippen LogP contribution in [-0.2, 0) is 17.9 Å².